The van der Waals surface area contributed by atoms with Crippen LogP contribution in [0.15, 0.2) is 54.6 Å². The summed E-state index contributed by atoms with van der Waals surface area (Å²) in [6.45, 7) is 0.388. The van der Waals surface area contributed by atoms with Crippen LogP contribution in [0.2, 0.25) is 0 Å². The third-order valence-electron chi connectivity index (χ3n) is 6.25. The van der Waals surface area contributed by atoms with Crippen molar-refractivity contribution < 1.29 is 14.4 Å². The number of hydrogen-bond donors (Lipinski definition) is 0. The van der Waals surface area contributed by atoms with Crippen LogP contribution in [0, 0.1) is 11.8 Å². The van der Waals surface area contributed by atoms with E-state index in [1.54, 1.807) is 0 Å². The number of likely N-dealkylation sites (tertiary alicyclic amines) is 1. The molecule has 3 aliphatic carbocycles. The van der Waals surface area contributed by atoms with E-state index in [1.807, 2.05) is 54.6 Å². The first-order valence-corrected chi connectivity index (χ1v) is 9.17. The van der Waals surface area contributed by atoms with Gasteiger partial charge in [-0.2, -0.15) is 0 Å². The predicted octanol–water partition coefficient (Wildman–Crippen LogP) is 2.68. The first-order chi connectivity index (χ1) is 12.7. The standard InChI is InChI=1S/C22H19NO3/c24-17-12-16-14-8-4-5-9-15(14)18(17)20-19(16)21(25)23(22(20)26)11-10-13-6-2-1-3-7-13/h1-9,16,18-20H,10-12H2/t16-,18-,19+,20+/m1/s1. The number of nitrogens with zero attached hydrogens (tertiary/aromatic N) is 1. The van der Waals surface area contributed by atoms with Gasteiger partial charge in [0.25, 0.3) is 0 Å². The van der Waals surface area contributed by atoms with Crippen molar-refractivity contribution in [2.24, 2.45) is 11.8 Å². The van der Waals surface area contributed by atoms with E-state index in [9.17, 15) is 14.4 Å². The Morgan fingerprint density at radius 3 is 2.23 bits per heavy atom. The smallest absolute Gasteiger partial charge is 0.234 e. The van der Waals surface area contributed by atoms with E-state index in [-0.39, 0.29) is 29.4 Å². The monoisotopic (exact) mass is 345 g/mol. The molecule has 0 aromatic heterocycles. The highest BCUT2D eigenvalue weighted by atomic mass is 16.2. The zero-order valence-corrected chi connectivity index (χ0v) is 14.3. The van der Waals surface area contributed by atoms with Gasteiger partial charge in [-0.1, -0.05) is 54.6 Å². The minimum absolute atomic E-state index is 0.0899. The first kappa shape index (κ1) is 15.5. The Balaban J connectivity index is 1.48. The van der Waals surface area contributed by atoms with Crippen molar-refractivity contribution in [3.05, 3.63) is 71.3 Å². The molecule has 2 amide bonds. The van der Waals surface area contributed by atoms with Crippen molar-refractivity contribution in [3.63, 3.8) is 0 Å². The van der Waals surface area contributed by atoms with E-state index in [0.717, 1.165) is 16.7 Å². The van der Waals surface area contributed by atoms with Crippen LogP contribution in [0.4, 0.5) is 0 Å². The van der Waals surface area contributed by atoms with Crippen LogP contribution < -0.4 is 0 Å². The maximum atomic E-state index is 13.1. The molecule has 2 fully saturated rings. The van der Waals surface area contributed by atoms with Gasteiger partial charge in [-0.3, -0.25) is 19.3 Å². The van der Waals surface area contributed by atoms with Gasteiger partial charge in [-0.05, 0) is 23.1 Å². The molecule has 130 valence electrons. The van der Waals surface area contributed by atoms with Gasteiger partial charge in [0.2, 0.25) is 11.8 Å². The normalized spacial score (nSPS) is 29.1. The fourth-order valence-electron chi connectivity index (χ4n) is 5.13. The Hall–Kier alpha value is -2.75. The van der Waals surface area contributed by atoms with Crippen molar-refractivity contribution >= 4 is 17.6 Å². The van der Waals surface area contributed by atoms with E-state index in [0.29, 0.717) is 19.4 Å². The Labute approximate surface area is 151 Å². The van der Waals surface area contributed by atoms with Crippen molar-refractivity contribution in [1.82, 2.24) is 4.90 Å². The maximum Gasteiger partial charge on any atom is 0.234 e. The summed E-state index contributed by atoms with van der Waals surface area (Å²) in [6.07, 6.45) is 1.03. The molecule has 6 rings (SSSR count). The summed E-state index contributed by atoms with van der Waals surface area (Å²) in [6, 6.07) is 17.7. The fourth-order valence-corrected chi connectivity index (χ4v) is 5.13. The summed E-state index contributed by atoms with van der Waals surface area (Å²) in [4.78, 5) is 40.2. The number of carbonyl (C=O) groups is 3. The van der Waals surface area contributed by atoms with Crippen LogP contribution in [0.1, 0.15) is 34.9 Å². The molecule has 1 saturated carbocycles. The van der Waals surface area contributed by atoms with Crippen LogP contribution in [-0.4, -0.2) is 29.0 Å². The Bertz CT molecular complexity index is 920. The lowest BCUT2D eigenvalue weighted by molar-refractivity contribution is -0.140. The predicted molar refractivity (Wildman–Crippen MR) is 95.4 cm³/mol. The molecule has 0 radical (unpaired) electrons. The second-order valence-electron chi connectivity index (χ2n) is 7.50. The number of hydrogen-bond acceptors (Lipinski definition) is 3. The molecule has 2 aromatic rings. The molecule has 0 unspecified atom stereocenters. The van der Waals surface area contributed by atoms with Gasteiger partial charge >= 0.3 is 0 Å². The lowest BCUT2D eigenvalue weighted by Crippen LogP contribution is -2.44. The number of rotatable bonds is 3. The van der Waals surface area contributed by atoms with E-state index in [2.05, 4.69) is 0 Å². The molecule has 1 saturated heterocycles. The van der Waals surface area contributed by atoms with Crippen molar-refractivity contribution in [2.45, 2.75) is 24.7 Å². The highest BCUT2D eigenvalue weighted by Gasteiger charge is 2.62. The summed E-state index contributed by atoms with van der Waals surface area (Å²) in [5.74, 6) is -1.59. The molecule has 26 heavy (non-hydrogen) atoms. The van der Waals surface area contributed by atoms with Gasteiger partial charge in [-0.15, -0.1) is 0 Å². The van der Waals surface area contributed by atoms with E-state index < -0.39 is 11.8 Å². The highest BCUT2D eigenvalue weighted by Crippen LogP contribution is 2.57. The number of carbonyl (C=O) groups excluding carboxylic acids is 3. The Morgan fingerprint density at radius 1 is 0.808 bits per heavy atom. The van der Waals surface area contributed by atoms with Gasteiger partial charge in [0, 0.05) is 18.9 Å². The van der Waals surface area contributed by atoms with Crippen LogP contribution >= 0.6 is 0 Å². The molecule has 0 spiro atoms. The quantitative estimate of drug-likeness (QED) is 0.804. The molecule has 0 N–H and O–H groups in total. The summed E-state index contributed by atoms with van der Waals surface area (Å²) in [5, 5.41) is 0. The first-order valence-electron chi connectivity index (χ1n) is 9.17. The number of imide groups is 1. The average Bonchev–Trinajstić information content (AvgIpc) is 2.93. The van der Waals surface area contributed by atoms with E-state index in [1.165, 1.54) is 4.90 Å². The highest BCUT2D eigenvalue weighted by molar-refractivity contribution is 6.11. The molecule has 2 aromatic carbocycles. The number of ketones is 1. The zero-order valence-electron chi connectivity index (χ0n) is 14.3. The van der Waals surface area contributed by atoms with E-state index in [4.69, 9.17) is 0 Å². The summed E-state index contributed by atoms with van der Waals surface area (Å²) in [7, 11) is 0. The van der Waals surface area contributed by atoms with Crippen molar-refractivity contribution in [1.29, 1.82) is 0 Å². The summed E-state index contributed by atoms with van der Waals surface area (Å²) >= 11 is 0. The molecule has 2 bridgehead atoms. The van der Waals surface area contributed by atoms with Crippen LogP contribution in [0.5, 0.6) is 0 Å². The van der Waals surface area contributed by atoms with Crippen LogP contribution in [0.25, 0.3) is 0 Å². The molecule has 4 atom stereocenters. The maximum absolute atomic E-state index is 13.1. The van der Waals surface area contributed by atoms with Gasteiger partial charge < -0.3 is 0 Å². The second-order valence-corrected chi connectivity index (χ2v) is 7.50. The van der Waals surface area contributed by atoms with Gasteiger partial charge in [0.1, 0.15) is 5.78 Å². The SMILES string of the molecule is O=C1C[C@@H]2c3ccccc3[C@H]1[C@@H]1C(=O)N(CCc3ccccc3)C(=O)[C@H]12. The minimum atomic E-state index is -0.501. The molecular weight excluding hydrogens is 326 g/mol. The fraction of sp³-hybridized carbons (Fsp3) is 0.318. The number of amides is 2. The molecule has 4 heteroatoms. The minimum Gasteiger partial charge on any atom is -0.299 e. The van der Waals surface area contributed by atoms with Crippen molar-refractivity contribution in [2.75, 3.05) is 6.54 Å². The molecule has 1 heterocycles. The van der Waals surface area contributed by atoms with Gasteiger partial charge in [0.05, 0.1) is 17.8 Å². The summed E-state index contributed by atoms with van der Waals surface area (Å²) < 4.78 is 0. The lowest BCUT2D eigenvalue weighted by Gasteiger charge is -2.43. The Morgan fingerprint density at radius 2 is 1.46 bits per heavy atom. The third kappa shape index (κ3) is 2.05. The van der Waals surface area contributed by atoms with Crippen molar-refractivity contribution in [3.8, 4) is 0 Å². The lowest BCUT2D eigenvalue weighted by atomic mass is 9.56. The number of benzene rings is 2. The summed E-state index contributed by atoms with van der Waals surface area (Å²) in [5.41, 5.74) is 3.15. The largest absolute Gasteiger partial charge is 0.299 e. The van der Waals surface area contributed by atoms with E-state index >= 15 is 0 Å². The van der Waals surface area contributed by atoms with Crippen LogP contribution in [0.3, 0.4) is 0 Å². The molecule has 4 aliphatic rings. The second kappa shape index (κ2) is 5.63. The van der Waals surface area contributed by atoms with Crippen LogP contribution in [-0.2, 0) is 20.8 Å². The van der Waals surface area contributed by atoms with Gasteiger partial charge in [-0.25, -0.2) is 0 Å². The van der Waals surface area contributed by atoms with Gasteiger partial charge in [0.15, 0.2) is 0 Å². The topological polar surface area (TPSA) is 54.5 Å². The third-order valence-corrected chi connectivity index (χ3v) is 6.25. The number of Topliss-reactive ketones (excluding diaryl/α,β-unsaturated/α-hetero) is 1. The average molecular weight is 345 g/mol. The molecular formula is C22H19NO3. The zero-order chi connectivity index (χ0) is 17.8. The Kier molecular flexibility index (Phi) is 3.36. The number of fused-ring (bicyclic) bond motifs is 1. The molecule has 4 nitrogen and oxygen atoms in total. The molecule has 1 aliphatic heterocycles.